The first kappa shape index (κ1) is 19.0. The average Bonchev–Trinajstić information content (AvgIpc) is 3.01. The summed E-state index contributed by atoms with van der Waals surface area (Å²) in [5.41, 5.74) is 5.37. The smallest absolute Gasteiger partial charge is 0.259 e. The van der Waals surface area contributed by atoms with Crippen molar-refractivity contribution in [3.8, 4) is 5.75 Å². The molecule has 0 saturated carbocycles. The number of anilines is 1. The molecule has 3 aromatic carbocycles. The summed E-state index contributed by atoms with van der Waals surface area (Å²) < 4.78 is 5.29. The third-order valence-electron chi connectivity index (χ3n) is 5.04. The molecule has 0 bridgehead atoms. The molecule has 29 heavy (non-hydrogen) atoms. The van der Waals surface area contributed by atoms with Gasteiger partial charge in [0.1, 0.15) is 5.75 Å². The van der Waals surface area contributed by atoms with Crippen molar-refractivity contribution in [3.05, 3.63) is 101 Å². The molecule has 0 saturated heterocycles. The van der Waals surface area contributed by atoms with Gasteiger partial charge in [0.15, 0.2) is 0 Å². The van der Waals surface area contributed by atoms with Crippen LogP contribution in [0.15, 0.2) is 78.9 Å². The lowest BCUT2D eigenvalue weighted by Gasteiger charge is -2.10. The van der Waals surface area contributed by atoms with Gasteiger partial charge in [-0.05, 0) is 47.0 Å². The summed E-state index contributed by atoms with van der Waals surface area (Å²) in [5.74, 6) is 0.757. The molecular weight excluding hydrogens is 382 g/mol. The lowest BCUT2D eigenvalue weighted by molar-refractivity contribution is -0.112. The number of carbonyl (C=O) groups excluding carboxylic acids is 1. The molecule has 0 atom stereocenters. The fourth-order valence-corrected chi connectivity index (χ4v) is 3.60. The van der Waals surface area contributed by atoms with Crippen LogP contribution >= 0.6 is 11.6 Å². The average molecular weight is 402 g/mol. The summed E-state index contributed by atoms with van der Waals surface area (Å²) in [7, 11) is 3.45. The van der Waals surface area contributed by atoms with Gasteiger partial charge in [-0.2, -0.15) is 0 Å². The number of ether oxygens (including phenoxy) is 1. The molecule has 3 aromatic rings. The van der Waals surface area contributed by atoms with Crippen LogP contribution in [0.4, 0.5) is 5.69 Å². The Bertz CT molecular complexity index is 1110. The number of fused-ring (bicyclic) bond motifs is 1. The Labute approximate surface area is 175 Å². The van der Waals surface area contributed by atoms with E-state index in [1.165, 1.54) is 0 Å². The predicted octanol–water partition coefficient (Wildman–Crippen LogP) is 5.95. The normalized spacial score (nSPS) is 15.0. The number of likely N-dealkylation sites (N-methyl/N-ethyl adjacent to an activating group) is 1. The third-order valence-corrected chi connectivity index (χ3v) is 5.29. The van der Waals surface area contributed by atoms with Gasteiger partial charge < -0.3 is 9.64 Å². The standard InChI is InChI=1S/C25H20ClNO2/c1-27-23-6-4-3-5-22(23)24(25(27)28)21(18-10-14-20(29-2)15-11-18)16-9-17-7-12-19(26)13-8-17/h3-16H,1-2H3/b16-9+,24-21-. The van der Waals surface area contributed by atoms with E-state index in [0.717, 1.165) is 33.7 Å². The molecule has 0 aromatic heterocycles. The van der Waals surface area contributed by atoms with Gasteiger partial charge >= 0.3 is 0 Å². The lowest BCUT2D eigenvalue weighted by atomic mass is 9.94. The van der Waals surface area contributed by atoms with Gasteiger partial charge in [0.2, 0.25) is 0 Å². The van der Waals surface area contributed by atoms with Crippen LogP contribution in [0, 0.1) is 0 Å². The fraction of sp³-hybridized carbons (Fsp3) is 0.0800. The van der Waals surface area contributed by atoms with Gasteiger partial charge in [-0.1, -0.05) is 66.2 Å². The van der Waals surface area contributed by atoms with E-state index in [0.29, 0.717) is 10.6 Å². The number of hydrogen-bond donors (Lipinski definition) is 0. The molecular formula is C25H20ClNO2. The maximum Gasteiger partial charge on any atom is 0.259 e. The molecule has 4 heteroatoms. The Hall–Kier alpha value is -3.30. The largest absolute Gasteiger partial charge is 0.497 e. The van der Waals surface area contributed by atoms with E-state index in [-0.39, 0.29) is 5.91 Å². The van der Waals surface area contributed by atoms with Crippen LogP contribution in [0.3, 0.4) is 0 Å². The van der Waals surface area contributed by atoms with Crippen molar-refractivity contribution >= 4 is 40.4 Å². The van der Waals surface area contributed by atoms with Gasteiger partial charge in [-0.15, -0.1) is 0 Å². The van der Waals surface area contributed by atoms with Gasteiger partial charge in [-0.3, -0.25) is 4.79 Å². The van der Waals surface area contributed by atoms with Crippen LogP contribution in [0.2, 0.25) is 5.02 Å². The minimum absolute atomic E-state index is 0.0159. The minimum atomic E-state index is -0.0159. The molecule has 144 valence electrons. The summed E-state index contributed by atoms with van der Waals surface area (Å²) in [4.78, 5) is 14.8. The summed E-state index contributed by atoms with van der Waals surface area (Å²) in [6.45, 7) is 0. The number of amides is 1. The van der Waals surface area contributed by atoms with Crippen LogP contribution in [0.1, 0.15) is 16.7 Å². The zero-order valence-electron chi connectivity index (χ0n) is 16.2. The Balaban J connectivity index is 1.89. The molecule has 1 heterocycles. The van der Waals surface area contributed by atoms with Gasteiger partial charge in [0.25, 0.3) is 5.91 Å². The zero-order valence-corrected chi connectivity index (χ0v) is 17.0. The van der Waals surface area contributed by atoms with Crippen molar-refractivity contribution in [3.63, 3.8) is 0 Å². The Morgan fingerprint density at radius 1 is 0.966 bits per heavy atom. The number of carbonyl (C=O) groups is 1. The Kier molecular flexibility index (Phi) is 5.24. The SMILES string of the molecule is COc1ccc(C(/C=C/c2ccc(Cl)cc2)=C2\C(=O)N(C)c3ccccc32)cc1. The molecule has 0 radical (unpaired) electrons. The highest BCUT2D eigenvalue weighted by Crippen LogP contribution is 2.40. The molecule has 0 aliphatic carbocycles. The summed E-state index contributed by atoms with van der Waals surface area (Å²) in [5, 5.41) is 0.692. The minimum Gasteiger partial charge on any atom is -0.497 e. The summed E-state index contributed by atoms with van der Waals surface area (Å²) >= 11 is 6.00. The predicted molar refractivity (Wildman–Crippen MR) is 120 cm³/mol. The highest BCUT2D eigenvalue weighted by atomic mass is 35.5. The van der Waals surface area contributed by atoms with Crippen molar-refractivity contribution in [2.45, 2.75) is 0 Å². The maximum atomic E-state index is 13.1. The van der Waals surface area contributed by atoms with E-state index in [1.807, 2.05) is 92.0 Å². The second kappa shape index (κ2) is 7.98. The molecule has 1 aliphatic rings. The van der Waals surface area contributed by atoms with E-state index in [2.05, 4.69) is 0 Å². The number of rotatable bonds is 4. The quantitative estimate of drug-likeness (QED) is 0.505. The molecule has 0 spiro atoms. The monoisotopic (exact) mass is 401 g/mol. The number of benzene rings is 3. The third kappa shape index (κ3) is 3.69. The van der Waals surface area contributed by atoms with E-state index in [4.69, 9.17) is 16.3 Å². The van der Waals surface area contributed by atoms with E-state index >= 15 is 0 Å². The second-order valence-corrected chi connectivity index (χ2v) is 7.22. The molecule has 0 unspecified atom stereocenters. The number of nitrogens with zero attached hydrogens (tertiary/aromatic N) is 1. The van der Waals surface area contributed by atoms with E-state index < -0.39 is 0 Å². The molecule has 3 nitrogen and oxygen atoms in total. The molecule has 4 rings (SSSR count). The fourth-order valence-electron chi connectivity index (χ4n) is 3.48. The van der Waals surface area contributed by atoms with Crippen LogP contribution in [0.25, 0.3) is 17.2 Å². The van der Waals surface area contributed by atoms with Crippen molar-refractivity contribution in [1.82, 2.24) is 0 Å². The molecule has 0 N–H and O–H groups in total. The Morgan fingerprint density at radius 2 is 1.66 bits per heavy atom. The molecule has 1 aliphatic heterocycles. The maximum absolute atomic E-state index is 13.1. The summed E-state index contributed by atoms with van der Waals surface area (Å²) in [6, 6.07) is 23.2. The van der Waals surface area contributed by atoms with Crippen LogP contribution < -0.4 is 9.64 Å². The Morgan fingerprint density at radius 3 is 2.34 bits per heavy atom. The van der Waals surface area contributed by atoms with Gasteiger partial charge in [-0.25, -0.2) is 0 Å². The van der Waals surface area contributed by atoms with Gasteiger partial charge in [0, 0.05) is 17.6 Å². The van der Waals surface area contributed by atoms with E-state index in [9.17, 15) is 4.79 Å². The lowest BCUT2D eigenvalue weighted by Crippen LogP contribution is -2.20. The summed E-state index contributed by atoms with van der Waals surface area (Å²) in [6.07, 6.45) is 3.99. The second-order valence-electron chi connectivity index (χ2n) is 6.78. The molecule has 0 fully saturated rings. The van der Waals surface area contributed by atoms with Crippen molar-refractivity contribution in [2.24, 2.45) is 0 Å². The zero-order chi connectivity index (χ0) is 20.4. The van der Waals surface area contributed by atoms with E-state index in [1.54, 1.807) is 12.0 Å². The first-order valence-electron chi connectivity index (χ1n) is 9.28. The first-order valence-corrected chi connectivity index (χ1v) is 9.66. The van der Waals surface area contributed by atoms with Crippen LogP contribution in [0.5, 0.6) is 5.75 Å². The van der Waals surface area contributed by atoms with Gasteiger partial charge in [0.05, 0.1) is 18.4 Å². The number of allylic oxidation sites excluding steroid dienone is 2. The van der Waals surface area contributed by atoms with Crippen molar-refractivity contribution in [1.29, 1.82) is 0 Å². The number of methoxy groups -OCH3 is 1. The number of para-hydroxylation sites is 1. The highest BCUT2D eigenvalue weighted by molar-refractivity contribution is 6.38. The van der Waals surface area contributed by atoms with Crippen molar-refractivity contribution < 1.29 is 9.53 Å². The molecule has 1 amide bonds. The van der Waals surface area contributed by atoms with Crippen LogP contribution in [-0.4, -0.2) is 20.1 Å². The van der Waals surface area contributed by atoms with Crippen LogP contribution in [-0.2, 0) is 4.79 Å². The topological polar surface area (TPSA) is 29.5 Å². The first-order chi connectivity index (χ1) is 14.1. The number of hydrogen-bond acceptors (Lipinski definition) is 2. The van der Waals surface area contributed by atoms with Crippen molar-refractivity contribution in [2.75, 3.05) is 19.1 Å². The number of halogens is 1. The highest BCUT2D eigenvalue weighted by Gasteiger charge is 2.31.